The van der Waals surface area contributed by atoms with E-state index in [4.69, 9.17) is 4.74 Å². The molecular weight excluding hydrogens is 252 g/mol. The summed E-state index contributed by atoms with van der Waals surface area (Å²) >= 11 is 0. The van der Waals surface area contributed by atoms with Crippen molar-refractivity contribution in [2.75, 3.05) is 19.8 Å². The van der Waals surface area contributed by atoms with Gasteiger partial charge in [-0.05, 0) is 38.0 Å². The average Bonchev–Trinajstić information content (AvgIpc) is 3.09. The molecule has 4 nitrogen and oxygen atoms in total. The molecule has 3 fully saturated rings. The minimum absolute atomic E-state index is 0.226. The maximum atomic E-state index is 12.8. The molecule has 2 aliphatic carbocycles. The molecule has 1 N–H and O–H groups in total. The van der Waals surface area contributed by atoms with E-state index in [9.17, 15) is 4.79 Å². The summed E-state index contributed by atoms with van der Waals surface area (Å²) in [5.41, 5.74) is -0.226. The lowest BCUT2D eigenvalue weighted by Crippen LogP contribution is -2.44. The first-order valence-electron chi connectivity index (χ1n) is 8.42. The Bertz CT molecular complexity index is 348. The second-order valence-corrected chi connectivity index (χ2v) is 6.75. The van der Waals surface area contributed by atoms with Crippen molar-refractivity contribution in [2.45, 2.75) is 70.0 Å². The molecule has 1 saturated heterocycles. The number of carbonyl (C=O) groups is 1. The molecule has 1 atom stereocenters. The van der Waals surface area contributed by atoms with Gasteiger partial charge in [0, 0.05) is 13.2 Å². The summed E-state index contributed by atoms with van der Waals surface area (Å²) in [6.07, 6.45) is 9.45. The Morgan fingerprint density at radius 2 is 2.10 bits per heavy atom. The maximum Gasteiger partial charge on any atom is 0.244 e. The van der Waals surface area contributed by atoms with E-state index < -0.39 is 0 Å². The summed E-state index contributed by atoms with van der Waals surface area (Å²) in [6, 6.07) is 0. The quantitative estimate of drug-likeness (QED) is 0.728. The first kappa shape index (κ1) is 14.3. The van der Waals surface area contributed by atoms with Gasteiger partial charge in [0.25, 0.3) is 0 Å². The molecule has 3 rings (SSSR count). The number of ether oxygens (including phenoxy) is 1. The van der Waals surface area contributed by atoms with E-state index in [-0.39, 0.29) is 11.7 Å². The summed E-state index contributed by atoms with van der Waals surface area (Å²) in [5.74, 6) is 1.14. The van der Waals surface area contributed by atoms with Crippen molar-refractivity contribution in [1.29, 1.82) is 0 Å². The molecule has 1 unspecified atom stereocenters. The Hall–Kier alpha value is -0.610. The molecular formula is C16H28N2O2. The molecule has 4 heteroatoms. The maximum absolute atomic E-state index is 12.8. The normalized spacial score (nSPS) is 28.8. The van der Waals surface area contributed by atoms with E-state index in [1.807, 2.05) is 0 Å². The van der Waals surface area contributed by atoms with E-state index in [1.165, 1.54) is 25.7 Å². The molecule has 1 aliphatic heterocycles. The van der Waals surface area contributed by atoms with Crippen molar-refractivity contribution in [2.24, 2.45) is 5.92 Å². The van der Waals surface area contributed by atoms with Crippen molar-refractivity contribution < 1.29 is 9.53 Å². The van der Waals surface area contributed by atoms with Gasteiger partial charge in [-0.1, -0.05) is 26.2 Å². The van der Waals surface area contributed by atoms with E-state index in [0.717, 1.165) is 44.8 Å². The number of rotatable bonds is 7. The molecule has 114 valence electrons. The average molecular weight is 280 g/mol. The predicted molar refractivity (Wildman–Crippen MR) is 78.3 cm³/mol. The van der Waals surface area contributed by atoms with E-state index >= 15 is 0 Å². The molecule has 0 aromatic rings. The van der Waals surface area contributed by atoms with Crippen LogP contribution in [0.2, 0.25) is 0 Å². The second-order valence-electron chi connectivity index (χ2n) is 6.75. The molecule has 0 radical (unpaired) electrons. The predicted octanol–water partition coefficient (Wildman–Crippen LogP) is 2.28. The fraction of sp³-hybridized carbons (Fsp3) is 0.938. The SMILES string of the molecule is CCCC1NC2(CCCC2)C(=O)N1CCOCC1CC1. The first-order valence-corrected chi connectivity index (χ1v) is 8.42. The Kier molecular flexibility index (Phi) is 4.32. The zero-order chi connectivity index (χ0) is 14.0. The molecule has 20 heavy (non-hydrogen) atoms. The number of hydrogen-bond acceptors (Lipinski definition) is 3. The number of nitrogens with one attached hydrogen (secondary N) is 1. The minimum Gasteiger partial charge on any atom is -0.379 e. The van der Waals surface area contributed by atoms with Gasteiger partial charge in [0.1, 0.15) is 0 Å². The molecule has 0 aromatic heterocycles. The van der Waals surface area contributed by atoms with Gasteiger partial charge in [0.15, 0.2) is 0 Å². The Morgan fingerprint density at radius 1 is 1.35 bits per heavy atom. The van der Waals surface area contributed by atoms with Gasteiger partial charge < -0.3 is 9.64 Å². The monoisotopic (exact) mass is 280 g/mol. The summed E-state index contributed by atoms with van der Waals surface area (Å²) in [6.45, 7) is 4.53. The largest absolute Gasteiger partial charge is 0.379 e. The van der Waals surface area contributed by atoms with Gasteiger partial charge in [-0.15, -0.1) is 0 Å². The standard InChI is InChI=1S/C16H28N2O2/c1-2-5-14-17-16(8-3-4-9-16)15(19)18(14)10-11-20-12-13-6-7-13/h13-14,17H,2-12H2,1H3. The number of amides is 1. The van der Waals surface area contributed by atoms with Crippen molar-refractivity contribution in [3.05, 3.63) is 0 Å². The van der Waals surface area contributed by atoms with Gasteiger partial charge in [0.2, 0.25) is 5.91 Å². The van der Waals surface area contributed by atoms with Crippen molar-refractivity contribution >= 4 is 5.91 Å². The second kappa shape index (κ2) is 6.02. The lowest BCUT2D eigenvalue weighted by Gasteiger charge is -2.23. The molecule has 1 spiro atoms. The lowest BCUT2D eigenvalue weighted by atomic mass is 9.98. The number of carbonyl (C=O) groups excluding carboxylic acids is 1. The highest BCUT2D eigenvalue weighted by Gasteiger charge is 2.51. The third kappa shape index (κ3) is 2.86. The fourth-order valence-corrected chi connectivity index (χ4v) is 3.67. The first-order chi connectivity index (χ1) is 9.75. The third-order valence-electron chi connectivity index (χ3n) is 5.04. The third-order valence-corrected chi connectivity index (χ3v) is 5.04. The summed E-state index contributed by atoms with van der Waals surface area (Å²) in [5, 5.41) is 3.65. The van der Waals surface area contributed by atoms with Crippen LogP contribution >= 0.6 is 0 Å². The molecule has 3 aliphatic rings. The highest BCUT2D eigenvalue weighted by molar-refractivity contribution is 5.89. The van der Waals surface area contributed by atoms with Crippen LogP contribution in [0.5, 0.6) is 0 Å². The Morgan fingerprint density at radius 3 is 2.75 bits per heavy atom. The highest BCUT2D eigenvalue weighted by atomic mass is 16.5. The smallest absolute Gasteiger partial charge is 0.244 e. The van der Waals surface area contributed by atoms with Gasteiger partial charge in [0.05, 0.1) is 18.3 Å². The van der Waals surface area contributed by atoms with Crippen molar-refractivity contribution in [3.63, 3.8) is 0 Å². The topological polar surface area (TPSA) is 41.6 Å². The van der Waals surface area contributed by atoms with Gasteiger partial charge in [-0.2, -0.15) is 0 Å². The van der Waals surface area contributed by atoms with Crippen LogP contribution in [-0.4, -0.2) is 42.3 Å². The Balaban J connectivity index is 1.55. The Labute approximate surface area is 122 Å². The fourth-order valence-electron chi connectivity index (χ4n) is 3.67. The molecule has 1 amide bonds. The van der Waals surface area contributed by atoms with E-state index in [2.05, 4.69) is 17.1 Å². The van der Waals surface area contributed by atoms with Crippen LogP contribution in [-0.2, 0) is 9.53 Å². The lowest BCUT2D eigenvalue weighted by molar-refractivity contribution is -0.134. The van der Waals surface area contributed by atoms with E-state index in [0.29, 0.717) is 12.5 Å². The number of nitrogens with zero attached hydrogens (tertiary/aromatic N) is 1. The van der Waals surface area contributed by atoms with Crippen LogP contribution in [0.3, 0.4) is 0 Å². The van der Waals surface area contributed by atoms with Crippen LogP contribution in [0, 0.1) is 5.92 Å². The number of hydrogen-bond donors (Lipinski definition) is 1. The van der Waals surface area contributed by atoms with Crippen LogP contribution < -0.4 is 5.32 Å². The van der Waals surface area contributed by atoms with Crippen molar-refractivity contribution in [1.82, 2.24) is 10.2 Å². The summed E-state index contributed by atoms with van der Waals surface area (Å²) < 4.78 is 5.72. The van der Waals surface area contributed by atoms with Crippen LogP contribution in [0.25, 0.3) is 0 Å². The summed E-state index contributed by atoms with van der Waals surface area (Å²) in [7, 11) is 0. The van der Waals surface area contributed by atoms with Gasteiger partial charge in [-0.3, -0.25) is 10.1 Å². The van der Waals surface area contributed by atoms with Gasteiger partial charge >= 0.3 is 0 Å². The van der Waals surface area contributed by atoms with Gasteiger partial charge in [-0.25, -0.2) is 0 Å². The molecule has 2 saturated carbocycles. The molecule has 0 aromatic carbocycles. The zero-order valence-electron chi connectivity index (χ0n) is 12.7. The molecule has 0 bridgehead atoms. The van der Waals surface area contributed by atoms with Crippen LogP contribution in [0.1, 0.15) is 58.3 Å². The van der Waals surface area contributed by atoms with Crippen molar-refractivity contribution in [3.8, 4) is 0 Å². The van der Waals surface area contributed by atoms with Crippen LogP contribution in [0.4, 0.5) is 0 Å². The van der Waals surface area contributed by atoms with E-state index in [1.54, 1.807) is 0 Å². The summed E-state index contributed by atoms with van der Waals surface area (Å²) in [4.78, 5) is 14.8. The highest BCUT2D eigenvalue weighted by Crippen LogP contribution is 2.37. The zero-order valence-corrected chi connectivity index (χ0v) is 12.7. The minimum atomic E-state index is -0.226. The van der Waals surface area contributed by atoms with Crippen LogP contribution in [0.15, 0.2) is 0 Å². The molecule has 1 heterocycles.